The minimum absolute atomic E-state index is 0.0496. The zero-order chi connectivity index (χ0) is 14.3. The Labute approximate surface area is 107 Å². The summed E-state index contributed by atoms with van der Waals surface area (Å²) < 4.78 is 5.07. The fourth-order valence-corrected chi connectivity index (χ4v) is 1.24. The number of ether oxygens (including phenoxy) is 1. The highest BCUT2D eigenvalue weighted by molar-refractivity contribution is 5.82. The minimum atomic E-state index is -0.933. The Hall–Kier alpha value is -1.59. The van der Waals surface area contributed by atoms with Crippen molar-refractivity contribution in [2.75, 3.05) is 13.6 Å². The van der Waals surface area contributed by atoms with Gasteiger partial charge in [-0.2, -0.15) is 0 Å². The maximum Gasteiger partial charge on any atom is 0.326 e. The lowest BCUT2D eigenvalue weighted by Gasteiger charge is -2.22. The van der Waals surface area contributed by atoms with Gasteiger partial charge in [0.25, 0.3) is 0 Å². The molecule has 0 aromatic rings. The first-order valence-electron chi connectivity index (χ1n) is 5.79. The van der Waals surface area contributed by atoms with Crippen LogP contribution in [-0.2, 0) is 19.1 Å². The van der Waals surface area contributed by atoms with E-state index in [0.29, 0.717) is 0 Å². The van der Waals surface area contributed by atoms with Crippen molar-refractivity contribution in [3.8, 4) is 0 Å². The van der Waals surface area contributed by atoms with Gasteiger partial charge in [0, 0.05) is 19.9 Å². The van der Waals surface area contributed by atoms with Crippen molar-refractivity contribution in [3.05, 3.63) is 0 Å². The number of hydrogen-bond donors (Lipinski definition) is 1. The highest BCUT2D eigenvalue weighted by Gasteiger charge is 2.19. The summed E-state index contributed by atoms with van der Waals surface area (Å²) in [4.78, 5) is 34.5. The number of rotatable bonds is 6. The van der Waals surface area contributed by atoms with Crippen molar-refractivity contribution < 1.29 is 24.2 Å². The number of aliphatic carboxylic acids is 1. The number of carboxylic acid groups (broad SMARTS) is 1. The van der Waals surface area contributed by atoms with E-state index >= 15 is 0 Å². The van der Waals surface area contributed by atoms with Crippen molar-refractivity contribution in [1.82, 2.24) is 4.90 Å². The van der Waals surface area contributed by atoms with Crippen LogP contribution in [0.4, 0.5) is 0 Å². The fraction of sp³-hybridized carbons (Fsp3) is 0.750. The van der Waals surface area contributed by atoms with Gasteiger partial charge in [0.15, 0.2) is 0 Å². The lowest BCUT2D eigenvalue weighted by Crippen LogP contribution is -2.36. The van der Waals surface area contributed by atoms with Crippen LogP contribution in [0.5, 0.6) is 0 Å². The maximum atomic E-state index is 11.6. The summed E-state index contributed by atoms with van der Waals surface area (Å²) in [7, 11) is 1.49. The van der Waals surface area contributed by atoms with Gasteiger partial charge in [0.05, 0.1) is 0 Å². The van der Waals surface area contributed by atoms with E-state index in [2.05, 4.69) is 0 Å². The predicted octanol–water partition coefficient (Wildman–Crippen LogP) is 1.04. The topological polar surface area (TPSA) is 83.9 Å². The van der Waals surface area contributed by atoms with Crippen LogP contribution < -0.4 is 0 Å². The van der Waals surface area contributed by atoms with Crippen LogP contribution in [0.15, 0.2) is 0 Å². The van der Waals surface area contributed by atoms with Gasteiger partial charge in [-0.15, -0.1) is 0 Å². The van der Waals surface area contributed by atoms with Gasteiger partial charge in [0.2, 0.25) is 5.91 Å². The number of likely N-dealkylation sites (N-methyl/N-ethyl adjacent to an activating group) is 1. The molecular weight excluding hydrogens is 238 g/mol. The maximum absolute atomic E-state index is 11.6. The molecule has 0 radical (unpaired) electrons. The molecule has 0 aromatic carbocycles. The van der Waals surface area contributed by atoms with E-state index in [1.807, 2.05) is 0 Å². The molecule has 0 bridgehead atoms. The Morgan fingerprint density at radius 3 is 2.17 bits per heavy atom. The Morgan fingerprint density at radius 1 is 1.17 bits per heavy atom. The van der Waals surface area contributed by atoms with E-state index in [1.54, 1.807) is 20.8 Å². The molecule has 0 saturated heterocycles. The molecule has 0 aromatic heterocycles. The number of nitrogens with zero attached hydrogens (tertiary/aromatic N) is 1. The van der Waals surface area contributed by atoms with Crippen LogP contribution in [0, 0.1) is 0 Å². The third-order valence-electron chi connectivity index (χ3n) is 1.99. The van der Waals surface area contributed by atoms with Crippen LogP contribution >= 0.6 is 0 Å². The summed E-state index contributed by atoms with van der Waals surface area (Å²) in [6, 6.07) is 0. The van der Waals surface area contributed by atoms with Gasteiger partial charge < -0.3 is 14.7 Å². The standard InChI is InChI=1S/C12H21NO5/c1-12(2,3)18-11(17)8-13(4)9(14)6-5-7-10(15)16/h5-8H2,1-4H3,(H,15,16). The fourth-order valence-electron chi connectivity index (χ4n) is 1.24. The van der Waals surface area contributed by atoms with Crippen LogP contribution in [0.3, 0.4) is 0 Å². The summed E-state index contributed by atoms with van der Waals surface area (Å²) in [6.45, 7) is 5.13. The molecule has 1 N–H and O–H groups in total. The first-order valence-corrected chi connectivity index (χ1v) is 5.79. The molecule has 0 heterocycles. The molecule has 0 aliphatic rings. The number of hydrogen-bond acceptors (Lipinski definition) is 4. The number of carbonyl (C=O) groups is 3. The number of carboxylic acids is 1. The first-order chi connectivity index (χ1) is 8.11. The average Bonchev–Trinajstić information content (AvgIpc) is 2.13. The quantitative estimate of drug-likeness (QED) is 0.720. The van der Waals surface area contributed by atoms with Gasteiger partial charge in [-0.25, -0.2) is 0 Å². The number of amides is 1. The molecule has 104 valence electrons. The lowest BCUT2D eigenvalue weighted by molar-refractivity contribution is -0.158. The van der Waals surface area contributed by atoms with Crippen molar-refractivity contribution in [2.45, 2.75) is 45.6 Å². The van der Waals surface area contributed by atoms with Crippen LogP contribution in [-0.4, -0.2) is 47.0 Å². The highest BCUT2D eigenvalue weighted by Crippen LogP contribution is 2.07. The Kier molecular flexibility index (Phi) is 6.36. The smallest absolute Gasteiger partial charge is 0.326 e. The van der Waals surface area contributed by atoms with Crippen molar-refractivity contribution in [2.24, 2.45) is 0 Å². The van der Waals surface area contributed by atoms with E-state index in [0.717, 1.165) is 0 Å². The van der Waals surface area contributed by atoms with Crippen LogP contribution in [0.2, 0.25) is 0 Å². The summed E-state index contributed by atoms with van der Waals surface area (Å²) in [6.07, 6.45) is 0.338. The van der Waals surface area contributed by atoms with E-state index in [4.69, 9.17) is 9.84 Å². The normalized spacial score (nSPS) is 10.9. The van der Waals surface area contributed by atoms with E-state index in [1.165, 1.54) is 11.9 Å². The number of esters is 1. The van der Waals surface area contributed by atoms with Crippen molar-refractivity contribution >= 4 is 17.8 Å². The van der Waals surface area contributed by atoms with Crippen molar-refractivity contribution in [3.63, 3.8) is 0 Å². The molecule has 0 fully saturated rings. The predicted molar refractivity (Wildman–Crippen MR) is 65.0 cm³/mol. The SMILES string of the molecule is CN(CC(=O)OC(C)(C)C)C(=O)CCCC(=O)O. The third kappa shape index (κ3) is 8.55. The van der Waals surface area contributed by atoms with Crippen LogP contribution in [0.25, 0.3) is 0 Å². The lowest BCUT2D eigenvalue weighted by atomic mass is 10.2. The summed E-state index contributed by atoms with van der Waals surface area (Å²) >= 11 is 0. The number of carbonyl (C=O) groups excluding carboxylic acids is 2. The molecule has 0 rings (SSSR count). The molecule has 6 nitrogen and oxygen atoms in total. The molecule has 0 aliphatic heterocycles. The van der Waals surface area contributed by atoms with Gasteiger partial charge in [-0.1, -0.05) is 0 Å². The van der Waals surface area contributed by atoms with Crippen LogP contribution in [0.1, 0.15) is 40.0 Å². The zero-order valence-corrected chi connectivity index (χ0v) is 11.4. The van der Waals surface area contributed by atoms with E-state index in [9.17, 15) is 14.4 Å². The second-order valence-electron chi connectivity index (χ2n) is 5.08. The largest absolute Gasteiger partial charge is 0.481 e. The monoisotopic (exact) mass is 259 g/mol. The minimum Gasteiger partial charge on any atom is -0.481 e. The Morgan fingerprint density at radius 2 is 1.72 bits per heavy atom. The average molecular weight is 259 g/mol. The molecule has 6 heteroatoms. The zero-order valence-electron chi connectivity index (χ0n) is 11.4. The van der Waals surface area contributed by atoms with Gasteiger partial charge >= 0.3 is 11.9 Å². The van der Waals surface area contributed by atoms with Gasteiger partial charge in [0.1, 0.15) is 12.1 Å². The van der Waals surface area contributed by atoms with E-state index < -0.39 is 17.5 Å². The second-order valence-corrected chi connectivity index (χ2v) is 5.08. The highest BCUT2D eigenvalue weighted by atomic mass is 16.6. The molecule has 1 amide bonds. The molecule has 0 saturated carbocycles. The van der Waals surface area contributed by atoms with Crippen molar-refractivity contribution in [1.29, 1.82) is 0 Å². The summed E-state index contributed by atoms with van der Waals surface area (Å²) in [5, 5.41) is 8.44. The molecular formula is C12H21NO5. The molecule has 0 aliphatic carbocycles. The Balaban J connectivity index is 4.00. The van der Waals surface area contributed by atoms with Gasteiger partial charge in [-0.05, 0) is 27.2 Å². The second kappa shape index (κ2) is 6.98. The Bertz CT molecular complexity index is 319. The molecule has 18 heavy (non-hydrogen) atoms. The molecule has 0 atom stereocenters. The summed E-state index contributed by atoms with van der Waals surface area (Å²) in [5.41, 5.74) is -0.579. The molecule has 0 unspecified atom stereocenters. The van der Waals surface area contributed by atoms with Gasteiger partial charge in [-0.3, -0.25) is 14.4 Å². The third-order valence-corrected chi connectivity index (χ3v) is 1.99. The van der Waals surface area contributed by atoms with E-state index in [-0.39, 0.29) is 31.7 Å². The first kappa shape index (κ1) is 16.4. The summed E-state index contributed by atoms with van der Waals surface area (Å²) in [5.74, 6) is -1.67. The molecule has 0 spiro atoms.